The molecule has 3 saturated carbocycles. The number of nitrogens with two attached hydrogens (primary N) is 1. The van der Waals surface area contributed by atoms with Crippen LogP contribution in [0.1, 0.15) is 84.0 Å². The SMILES string of the molecule is CCCCCCCCCOC1CC(O)C2C(=O)C3CCCCC3C(=O)C2C1N. The molecule has 28 heavy (non-hydrogen) atoms. The maximum atomic E-state index is 13.1. The Morgan fingerprint density at radius 1 is 0.929 bits per heavy atom. The molecule has 0 amide bonds. The van der Waals surface area contributed by atoms with E-state index >= 15 is 0 Å². The fourth-order valence-corrected chi connectivity index (χ4v) is 5.76. The van der Waals surface area contributed by atoms with Gasteiger partial charge in [0.15, 0.2) is 0 Å². The van der Waals surface area contributed by atoms with E-state index in [0.29, 0.717) is 13.0 Å². The highest BCUT2D eigenvalue weighted by atomic mass is 16.5. The fourth-order valence-electron chi connectivity index (χ4n) is 5.76. The van der Waals surface area contributed by atoms with Crippen LogP contribution in [0.3, 0.4) is 0 Å². The van der Waals surface area contributed by atoms with E-state index in [1.54, 1.807) is 0 Å². The number of hydrogen-bond donors (Lipinski definition) is 2. The quantitative estimate of drug-likeness (QED) is 0.586. The third-order valence-electron chi connectivity index (χ3n) is 7.35. The number of carbonyl (C=O) groups is 2. The topological polar surface area (TPSA) is 89.6 Å². The Morgan fingerprint density at radius 3 is 2.14 bits per heavy atom. The predicted octanol–water partition coefficient (Wildman–Crippen LogP) is 3.40. The number of hydrogen-bond acceptors (Lipinski definition) is 5. The van der Waals surface area contributed by atoms with Gasteiger partial charge in [-0.3, -0.25) is 9.59 Å². The molecule has 0 aromatic rings. The zero-order valence-corrected chi connectivity index (χ0v) is 17.5. The fraction of sp³-hybridized carbons (Fsp3) is 0.913. The molecular formula is C23H39NO4. The Labute approximate surface area is 169 Å². The average Bonchev–Trinajstić information content (AvgIpc) is 2.70. The molecule has 160 valence electrons. The van der Waals surface area contributed by atoms with Gasteiger partial charge in [0.2, 0.25) is 0 Å². The van der Waals surface area contributed by atoms with E-state index < -0.39 is 24.0 Å². The highest BCUT2D eigenvalue weighted by Gasteiger charge is 2.57. The van der Waals surface area contributed by atoms with E-state index in [0.717, 1.165) is 38.5 Å². The van der Waals surface area contributed by atoms with Gasteiger partial charge in [-0.1, -0.05) is 58.3 Å². The van der Waals surface area contributed by atoms with Gasteiger partial charge in [0.1, 0.15) is 11.6 Å². The molecule has 3 N–H and O–H groups in total. The van der Waals surface area contributed by atoms with Crippen LogP contribution in [-0.4, -0.2) is 41.5 Å². The molecule has 7 unspecified atom stereocenters. The molecule has 5 nitrogen and oxygen atoms in total. The molecule has 0 heterocycles. The van der Waals surface area contributed by atoms with Gasteiger partial charge in [-0.05, 0) is 19.3 Å². The Morgan fingerprint density at radius 2 is 1.50 bits per heavy atom. The molecule has 0 aromatic carbocycles. The lowest BCUT2D eigenvalue weighted by Crippen LogP contribution is -2.64. The van der Waals surface area contributed by atoms with Gasteiger partial charge in [-0.25, -0.2) is 0 Å². The van der Waals surface area contributed by atoms with Gasteiger partial charge in [0.25, 0.3) is 0 Å². The minimum atomic E-state index is -0.803. The van der Waals surface area contributed by atoms with Crippen LogP contribution < -0.4 is 5.73 Å². The first kappa shape index (κ1) is 21.9. The molecule has 3 aliphatic rings. The zero-order chi connectivity index (χ0) is 20.1. The lowest BCUT2D eigenvalue weighted by Gasteiger charge is -2.49. The van der Waals surface area contributed by atoms with Gasteiger partial charge < -0.3 is 15.6 Å². The summed E-state index contributed by atoms with van der Waals surface area (Å²) in [5, 5.41) is 10.7. The Hall–Kier alpha value is -0.780. The van der Waals surface area contributed by atoms with Gasteiger partial charge in [-0.2, -0.15) is 0 Å². The summed E-state index contributed by atoms with van der Waals surface area (Å²) in [6.45, 7) is 2.84. The van der Waals surface area contributed by atoms with E-state index in [4.69, 9.17) is 10.5 Å². The zero-order valence-electron chi connectivity index (χ0n) is 17.5. The molecule has 0 saturated heterocycles. The summed E-state index contributed by atoms with van der Waals surface area (Å²) in [6, 6.07) is -0.475. The molecule has 3 aliphatic carbocycles. The second kappa shape index (κ2) is 10.3. The molecule has 3 rings (SSSR count). The van der Waals surface area contributed by atoms with Gasteiger partial charge in [0, 0.05) is 36.8 Å². The summed E-state index contributed by atoms with van der Waals surface area (Å²) < 4.78 is 6.01. The highest BCUT2D eigenvalue weighted by molar-refractivity contribution is 6.00. The van der Waals surface area contributed by atoms with Crippen LogP contribution in [0.15, 0.2) is 0 Å². The van der Waals surface area contributed by atoms with Gasteiger partial charge in [-0.15, -0.1) is 0 Å². The minimum Gasteiger partial charge on any atom is -0.392 e. The molecule has 7 atom stereocenters. The number of ether oxygens (including phenoxy) is 1. The number of ketones is 2. The van der Waals surface area contributed by atoms with Crippen molar-refractivity contribution in [1.29, 1.82) is 0 Å². The van der Waals surface area contributed by atoms with Crippen molar-refractivity contribution in [3.63, 3.8) is 0 Å². The predicted molar refractivity (Wildman–Crippen MR) is 109 cm³/mol. The van der Waals surface area contributed by atoms with Crippen LogP contribution in [-0.2, 0) is 14.3 Å². The van der Waals surface area contributed by atoms with Gasteiger partial charge >= 0.3 is 0 Å². The Kier molecular flexibility index (Phi) is 8.07. The highest BCUT2D eigenvalue weighted by Crippen LogP contribution is 2.46. The van der Waals surface area contributed by atoms with Crippen molar-refractivity contribution >= 4 is 11.6 Å². The normalized spacial score (nSPS) is 38.2. The van der Waals surface area contributed by atoms with Crippen LogP contribution in [0.2, 0.25) is 0 Å². The third-order valence-corrected chi connectivity index (χ3v) is 7.35. The monoisotopic (exact) mass is 393 g/mol. The number of aliphatic hydroxyl groups excluding tert-OH is 1. The summed E-state index contributed by atoms with van der Waals surface area (Å²) >= 11 is 0. The Bertz CT molecular complexity index is 537. The summed E-state index contributed by atoms with van der Waals surface area (Å²) in [6.07, 6.45) is 11.3. The maximum absolute atomic E-state index is 13.1. The van der Waals surface area contributed by atoms with E-state index in [1.165, 1.54) is 32.1 Å². The van der Waals surface area contributed by atoms with Crippen molar-refractivity contribution in [1.82, 2.24) is 0 Å². The first-order chi connectivity index (χ1) is 13.6. The van der Waals surface area contributed by atoms with Crippen LogP contribution in [0, 0.1) is 23.7 Å². The van der Waals surface area contributed by atoms with Crippen LogP contribution in [0.4, 0.5) is 0 Å². The summed E-state index contributed by atoms with van der Waals surface area (Å²) in [4.78, 5) is 26.1. The van der Waals surface area contributed by atoms with Crippen molar-refractivity contribution in [2.24, 2.45) is 29.4 Å². The van der Waals surface area contributed by atoms with Crippen LogP contribution in [0.25, 0.3) is 0 Å². The largest absolute Gasteiger partial charge is 0.392 e. The van der Waals surface area contributed by atoms with Crippen molar-refractivity contribution in [3.8, 4) is 0 Å². The molecule has 0 radical (unpaired) electrons. The van der Waals surface area contributed by atoms with E-state index in [1.807, 2.05) is 0 Å². The number of unbranched alkanes of at least 4 members (excludes halogenated alkanes) is 6. The lowest BCUT2D eigenvalue weighted by molar-refractivity contribution is -0.164. The van der Waals surface area contributed by atoms with E-state index in [2.05, 4.69) is 6.92 Å². The number of rotatable bonds is 9. The molecule has 0 bridgehead atoms. The standard InChI is InChI=1S/C23H39NO4/c1-2-3-4-5-6-7-10-13-28-18-14-17(25)19-20(21(18)24)23(27)16-12-9-8-11-15(16)22(19)26/h15-21,25H,2-14,24H2,1H3. The molecule has 3 fully saturated rings. The minimum absolute atomic E-state index is 0.0859. The van der Waals surface area contributed by atoms with Crippen molar-refractivity contribution in [3.05, 3.63) is 0 Å². The number of carbonyl (C=O) groups excluding carboxylic acids is 2. The molecule has 0 aliphatic heterocycles. The summed E-state index contributed by atoms with van der Waals surface area (Å²) in [7, 11) is 0. The summed E-state index contributed by atoms with van der Waals surface area (Å²) in [5.74, 6) is -1.33. The second-order valence-corrected chi connectivity index (χ2v) is 9.26. The third kappa shape index (κ3) is 4.68. The van der Waals surface area contributed by atoms with E-state index in [9.17, 15) is 14.7 Å². The van der Waals surface area contributed by atoms with Gasteiger partial charge in [0.05, 0.1) is 18.1 Å². The number of aliphatic hydroxyl groups is 1. The first-order valence-corrected chi connectivity index (χ1v) is 11.7. The molecular weight excluding hydrogens is 354 g/mol. The van der Waals surface area contributed by atoms with Crippen molar-refractivity contribution < 1.29 is 19.4 Å². The second-order valence-electron chi connectivity index (χ2n) is 9.26. The molecule has 0 aromatic heterocycles. The average molecular weight is 394 g/mol. The van der Waals surface area contributed by atoms with Crippen LogP contribution in [0.5, 0.6) is 0 Å². The van der Waals surface area contributed by atoms with Crippen molar-refractivity contribution in [2.75, 3.05) is 6.61 Å². The smallest absolute Gasteiger partial charge is 0.143 e. The summed E-state index contributed by atoms with van der Waals surface area (Å²) in [5.41, 5.74) is 6.46. The molecule has 5 heteroatoms. The molecule has 0 spiro atoms. The Balaban J connectivity index is 1.52. The first-order valence-electron chi connectivity index (χ1n) is 11.7. The maximum Gasteiger partial charge on any atom is 0.143 e. The number of fused-ring (bicyclic) bond motifs is 2. The van der Waals surface area contributed by atoms with Crippen LogP contribution >= 0.6 is 0 Å². The van der Waals surface area contributed by atoms with Crippen molar-refractivity contribution in [2.45, 2.75) is 102 Å². The number of Topliss-reactive ketones (excluding diaryl/α,β-unsaturated/α-hetero) is 2. The van der Waals surface area contributed by atoms with E-state index in [-0.39, 0.29) is 29.5 Å². The lowest BCUT2D eigenvalue weighted by atomic mass is 9.56.